The molecule has 2 amide bonds. The predicted molar refractivity (Wildman–Crippen MR) is 95.8 cm³/mol. The van der Waals surface area contributed by atoms with E-state index in [1.807, 2.05) is 13.8 Å². The van der Waals surface area contributed by atoms with E-state index in [0.29, 0.717) is 31.9 Å². The zero-order valence-corrected chi connectivity index (χ0v) is 15.6. The molecule has 25 heavy (non-hydrogen) atoms. The highest BCUT2D eigenvalue weighted by atomic mass is 32.2. The first-order valence-corrected chi connectivity index (χ1v) is 10.1. The molecule has 140 valence electrons. The van der Waals surface area contributed by atoms with E-state index in [9.17, 15) is 13.2 Å². The maximum absolute atomic E-state index is 12.9. The van der Waals surface area contributed by atoms with Gasteiger partial charge in [0.1, 0.15) is 0 Å². The molecular weight excluding hydrogens is 342 g/mol. The third-order valence-electron chi connectivity index (χ3n) is 4.32. The summed E-state index contributed by atoms with van der Waals surface area (Å²) in [6.45, 7) is 5.68. The lowest BCUT2D eigenvalue weighted by Gasteiger charge is -2.27. The average Bonchev–Trinajstić information content (AvgIpc) is 2.65. The molecule has 1 aromatic rings. The molecule has 0 aromatic heterocycles. The number of urea groups is 1. The van der Waals surface area contributed by atoms with Crippen molar-refractivity contribution in [2.45, 2.75) is 44.2 Å². The second-order valence-electron chi connectivity index (χ2n) is 5.96. The van der Waals surface area contributed by atoms with Crippen LogP contribution in [0.4, 0.5) is 4.79 Å². The van der Waals surface area contributed by atoms with E-state index in [1.54, 1.807) is 24.3 Å². The topological polar surface area (TPSA) is 87.7 Å². The van der Waals surface area contributed by atoms with Crippen molar-refractivity contribution in [2.75, 3.05) is 26.3 Å². The minimum absolute atomic E-state index is 0.118. The van der Waals surface area contributed by atoms with Crippen molar-refractivity contribution in [3.63, 3.8) is 0 Å². The van der Waals surface area contributed by atoms with Gasteiger partial charge >= 0.3 is 6.03 Å². The van der Waals surface area contributed by atoms with E-state index < -0.39 is 10.0 Å². The van der Waals surface area contributed by atoms with Gasteiger partial charge in [0.15, 0.2) is 0 Å². The number of hydrogen-bond acceptors (Lipinski definition) is 4. The van der Waals surface area contributed by atoms with Gasteiger partial charge in [0, 0.05) is 25.7 Å². The van der Waals surface area contributed by atoms with Crippen molar-refractivity contribution < 1.29 is 17.9 Å². The van der Waals surface area contributed by atoms with Crippen molar-refractivity contribution in [3.8, 4) is 0 Å². The van der Waals surface area contributed by atoms with Crippen LogP contribution in [0, 0.1) is 0 Å². The standard InChI is InChI=1S/C17H27N3O4S/c1-3-15(4-2)19-17(21)18-13-14-7-5-6-8-16(14)25(22,23)20-9-11-24-12-10-20/h5-8,15H,3-4,9-13H2,1-2H3,(H2,18,19,21). The van der Waals surface area contributed by atoms with Crippen LogP contribution in [-0.4, -0.2) is 51.1 Å². The van der Waals surface area contributed by atoms with Gasteiger partial charge in [-0.15, -0.1) is 0 Å². The Balaban J connectivity index is 2.08. The lowest BCUT2D eigenvalue weighted by molar-refractivity contribution is 0.0730. The van der Waals surface area contributed by atoms with Crippen LogP contribution in [0.25, 0.3) is 0 Å². The van der Waals surface area contributed by atoms with Crippen LogP contribution in [-0.2, 0) is 21.3 Å². The fraction of sp³-hybridized carbons (Fsp3) is 0.588. The van der Waals surface area contributed by atoms with Gasteiger partial charge in [-0.1, -0.05) is 32.0 Å². The van der Waals surface area contributed by atoms with Gasteiger partial charge in [0.05, 0.1) is 18.1 Å². The number of rotatable bonds is 7. The number of hydrogen-bond donors (Lipinski definition) is 2. The fourth-order valence-corrected chi connectivity index (χ4v) is 4.36. The number of sulfonamides is 1. The summed E-state index contributed by atoms with van der Waals surface area (Å²) < 4.78 is 32.4. The third kappa shape index (κ3) is 5.17. The van der Waals surface area contributed by atoms with Gasteiger partial charge in [0.25, 0.3) is 0 Å². The Kier molecular flexibility index (Phi) is 7.22. The Labute approximate surface area is 149 Å². The van der Waals surface area contributed by atoms with Gasteiger partial charge < -0.3 is 15.4 Å². The highest BCUT2D eigenvalue weighted by Gasteiger charge is 2.28. The smallest absolute Gasteiger partial charge is 0.315 e. The Bertz CT molecular complexity index is 668. The van der Waals surface area contributed by atoms with Crippen LogP contribution >= 0.6 is 0 Å². The monoisotopic (exact) mass is 369 g/mol. The highest BCUT2D eigenvalue weighted by molar-refractivity contribution is 7.89. The third-order valence-corrected chi connectivity index (χ3v) is 6.32. The number of nitrogens with zero attached hydrogens (tertiary/aromatic N) is 1. The summed E-state index contributed by atoms with van der Waals surface area (Å²) in [7, 11) is -3.59. The number of carbonyl (C=O) groups is 1. The normalized spacial score (nSPS) is 16.0. The summed E-state index contributed by atoms with van der Waals surface area (Å²) in [6.07, 6.45) is 1.71. The van der Waals surface area contributed by atoms with Crippen molar-refractivity contribution in [1.82, 2.24) is 14.9 Å². The van der Waals surface area contributed by atoms with Crippen LogP contribution in [0.5, 0.6) is 0 Å². The first kappa shape index (κ1) is 19.7. The van der Waals surface area contributed by atoms with Gasteiger partial charge in [-0.2, -0.15) is 4.31 Å². The Morgan fingerprint density at radius 3 is 2.48 bits per heavy atom. The zero-order chi connectivity index (χ0) is 18.3. The molecule has 1 saturated heterocycles. The number of carbonyl (C=O) groups excluding carboxylic acids is 1. The number of ether oxygens (including phenoxy) is 1. The summed E-state index contributed by atoms with van der Waals surface area (Å²) in [6, 6.07) is 6.61. The van der Waals surface area contributed by atoms with Crippen LogP contribution in [0.3, 0.4) is 0 Å². The summed E-state index contributed by atoms with van der Waals surface area (Å²) >= 11 is 0. The Morgan fingerprint density at radius 2 is 1.84 bits per heavy atom. The van der Waals surface area contributed by atoms with E-state index >= 15 is 0 Å². The first-order chi connectivity index (χ1) is 12.0. The molecule has 0 radical (unpaired) electrons. The van der Waals surface area contributed by atoms with E-state index in [2.05, 4.69) is 10.6 Å². The molecule has 0 bridgehead atoms. The molecule has 0 aliphatic carbocycles. The summed E-state index contributed by atoms with van der Waals surface area (Å²) in [5.74, 6) is 0. The molecule has 1 aliphatic heterocycles. The van der Waals surface area contributed by atoms with Crippen LogP contribution < -0.4 is 10.6 Å². The second kappa shape index (κ2) is 9.17. The molecule has 1 heterocycles. The predicted octanol–water partition coefficient (Wildman–Crippen LogP) is 1.70. The van der Waals surface area contributed by atoms with Crippen LogP contribution in [0.15, 0.2) is 29.2 Å². The average molecular weight is 369 g/mol. The largest absolute Gasteiger partial charge is 0.379 e. The van der Waals surface area contributed by atoms with E-state index in [4.69, 9.17) is 4.74 Å². The maximum atomic E-state index is 12.9. The van der Waals surface area contributed by atoms with Gasteiger partial charge in [-0.25, -0.2) is 13.2 Å². The molecule has 1 fully saturated rings. The molecule has 2 N–H and O–H groups in total. The Morgan fingerprint density at radius 1 is 1.20 bits per heavy atom. The molecule has 7 nitrogen and oxygen atoms in total. The summed E-state index contributed by atoms with van der Waals surface area (Å²) in [5.41, 5.74) is 0.577. The molecule has 0 saturated carbocycles. The first-order valence-electron chi connectivity index (χ1n) is 8.69. The van der Waals surface area contributed by atoms with E-state index in [-0.39, 0.29) is 23.5 Å². The summed E-state index contributed by atoms with van der Waals surface area (Å²) in [4.78, 5) is 12.2. The fourth-order valence-electron chi connectivity index (χ4n) is 2.73. The number of nitrogens with one attached hydrogen (secondary N) is 2. The SMILES string of the molecule is CCC(CC)NC(=O)NCc1ccccc1S(=O)(=O)N1CCOCC1. The molecule has 0 spiro atoms. The minimum atomic E-state index is -3.59. The van der Waals surface area contributed by atoms with Crippen molar-refractivity contribution in [3.05, 3.63) is 29.8 Å². The quantitative estimate of drug-likeness (QED) is 0.766. The van der Waals surface area contributed by atoms with Gasteiger partial charge in [-0.05, 0) is 24.5 Å². The van der Waals surface area contributed by atoms with Gasteiger partial charge in [0.2, 0.25) is 10.0 Å². The summed E-state index contributed by atoms with van der Waals surface area (Å²) in [5, 5.41) is 5.64. The highest BCUT2D eigenvalue weighted by Crippen LogP contribution is 2.21. The lowest BCUT2D eigenvalue weighted by Crippen LogP contribution is -2.42. The van der Waals surface area contributed by atoms with Crippen LogP contribution in [0.1, 0.15) is 32.3 Å². The molecular formula is C17H27N3O4S. The Hall–Kier alpha value is -1.64. The maximum Gasteiger partial charge on any atom is 0.315 e. The van der Waals surface area contributed by atoms with Crippen molar-refractivity contribution in [2.24, 2.45) is 0 Å². The number of morpholine rings is 1. The molecule has 8 heteroatoms. The van der Waals surface area contributed by atoms with Crippen LogP contribution in [0.2, 0.25) is 0 Å². The van der Waals surface area contributed by atoms with E-state index in [0.717, 1.165) is 12.8 Å². The molecule has 1 aliphatic rings. The lowest BCUT2D eigenvalue weighted by atomic mass is 10.2. The zero-order valence-electron chi connectivity index (χ0n) is 14.8. The molecule has 1 aromatic carbocycles. The number of amides is 2. The van der Waals surface area contributed by atoms with Crippen molar-refractivity contribution in [1.29, 1.82) is 0 Å². The molecule has 0 atom stereocenters. The molecule has 0 unspecified atom stereocenters. The second-order valence-corrected chi connectivity index (χ2v) is 7.87. The van der Waals surface area contributed by atoms with Crippen molar-refractivity contribution >= 4 is 16.1 Å². The number of benzene rings is 1. The van der Waals surface area contributed by atoms with E-state index in [1.165, 1.54) is 4.31 Å². The molecule has 2 rings (SSSR count). The van der Waals surface area contributed by atoms with Gasteiger partial charge in [-0.3, -0.25) is 0 Å². The minimum Gasteiger partial charge on any atom is -0.379 e.